The molecule has 1 aliphatic rings. The first kappa shape index (κ1) is 37.9. The van der Waals surface area contributed by atoms with Crippen LogP contribution in [0.15, 0.2) is 65.6 Å². The molecule has 0 spiro atoms. The molecule has 4 atom stereocenters. The van der Waals surface area contributed by atoms with Crippen molar-refractivity contribution in [3.8, 4) is 5.75 Å². The number of carbonyl (C=O) groups excluding carboxylic acids is 1. The fourth-order valence-electron chi connectivity index (χ4n) is 5.60. The molecule has 4 rings (SSSR count). The molecular formula is C35H44Cl2FN3O6S. The average molecular weight is 725 g/mol. The quantitative estimate of drug-likeness (QED) is 0.248. The van der Waals surface area contributed by atoms with Crippen molar-refractivity contribution in [1.29, 1.82) is 0 Å². The van der Waals surface area contributed by atoms with E-state index in [1.54, 1.807) is 24.0 Å². The monoisotopic (exact) mass is 723 g/mol. The number of halogens is 3. The van der Waals surface area contributed by atoms with Gasteiger partial charge in [0.2, 0.25) is 0 Å². The van der Waals surface area contributed by atoms with Crippen molar-refractivity contribution in [2.75, 3.05) is 38.1 Å². The molecule has 0 bridgehead atoms. The van der Waals surface area contributed by atoms with Crippen LogP contribution in [0.1, 0.15) is 56.0 Å². The van der Waals surface area contributed by atoms with E-state index in [0.717, 1.165) is 30.5 Å². The van der Waals surface area contributed by atoms with E-state index in [9.17, 15) is 22.7 Å². The molecular weight excluding hydrogens is 680 g/mol. The number of fused-ring (bicyclic) bond motifs is 1. The third-order valence-electron chi connectivity index (χ3n) is 8.36. The van der Waals surface area contributed by atoms with Gasteiger partial charge in [0.25, 0.3) is 15.9 Å². The summed E-state index contributed by atoms with van der Waals surface area (Å²) in [5, 5.41) is 11.2. The molecule has 0 saturated carbocycles. The molecule has 262 valence electrons. The van der Waals surface area contributed by atoms with E-state index in [1.165, 1.54) is 24.3 Å². The van der Waals surface area contributed by atoms with Crippen molar-refractivity contribution in [2.45, 2.75) is 69.7 Å². The topological polar surface area (TPSA) is 108 Å². The highest BCUT2D eigenvalue weighted by atomic mass is 35.5. The average Bonchev–Trinajstić information content (AvgIpc) is 3.04. The van der Waals surface area contributed by atoms with Gasteiger partial charge in [-0.3, -0.25) is 14.4 Å². The lowest BCUT2D eigenvalue weighted by Crippen LogP contribution is -2.47. The number of benzene rings is 3. The van der Waals surface area contributed by atoms with Crippen LogP contribution in [0.25, 0.3) is 0 Å². The molecule has 9 nitrogen and oxygen atoms in total. The van der Waals surface area contributed by atoms with Gasteiger partial charge in [0, 0.05) is 37.8 Å². The summed E-state index contributed by atoms with van der Waals surface area (Å²) in [7, 11) is -2.09. The molecule has 1 amide bonds. The maximum absolute atomic E-state index is 14.4. The number of amides is 1. The summed E-state index contributed by atoms with van der Waals surface area (Å²) in [5.41, 5.74) is 1.29. The Balaban J connectivity index is 1.63. The van der Waals surface area contributed by atoms with Gasteiger partial charge in [-0.25, -0.2) is 12.8 Å². The van der Waals surface area contributed by atoms with Crippen molar-refractivity contribution < 1.29 is 32.2 Å². The summed E-state index contributed by atoms with van der Waals surface area (Å²) >= 11 is 12.4. The molecule has 0 aromatic heterocycles. The lowest BCUT2D eigenvalue weighted by atomic mass is 10.0. The Hall–Kier alpha value is -2.93. The van der Waals surface area contributed by atoms with Crippen molar-refractivity contribution in [3.63, 3.8) is 0 Å². The molecule has 2 N–H and O–H groups in total. The number of nitrogens with one attached hydrogen (secondary N) is 1. The van der Waals surface area contributed by atoms with Crippen LogP contribution >= 0.6 is 23.2 Å². The maximum Gasteiger partial charge on any atom is 0.261 e. The molecule has 3 aromatic rings. The van der Waals surface area contributed by atoms with Gasteiger partial charge in [-0.2, -0.15) is 0 Å². The van der Waals surface area contributed by atoms with Crippen LogP contribution in [0.3, 0.4) is 0 Å². The number of hydrogen-bond donors (Lipinski definition) is 2. The highest BCUT2D eigenvalue weighted by Gasteiger charge is 2.31. The number of sulfonamides is 1. The lowest BCUT2D eigenvalue weighted by Gasteiger charge is -2.36. The lowest BCUT2D eigenvalue weighted by molar-refractivity contribution is -0.0177. The number of ether oxygens (including phenoxy) is 2. The Labute approximate surface area is 293 Å². The molecule has 3 aromatic carbocycles. The molecule has 0 aliphatic carbocycles. The van der Waals surface area contributed by atoms with E-state index in [1.807, 2.05) is 33.0 Å². The van der Waals surface area contributed by atoms with Crippen molar-refractivity contribution in [2.24, 2.45) is 5.92 Å². The first-order chi connectivity index (χ1) is 22.8. The Bertz CT molecular complexity index is 1650. The van der Waals surface area contributed by atoms with Crippen molar-refractivity contribution in [3.05, 3.63) is 87.7 Å². The second-order valence-corrected chi connectivity index (χ2v) is 15.0. The molecule has 0 saturated heterocycles. The summed E-state index contributed by atoms with van der Waals surface area (Å²) in [6.07, 6.45) is 1.89. The van der Waals surface area contributed by atoms with E-state index < -0.39 is 27.8 Å². The number of likely N-dealkylation sites (N-methyl/N-ethyl adjacent to an activating group) is 1. The summed E-state index contributed by atoms with van der Waals surface area (Å²) in [4.78, 5) is 17.9. The minimum atomic E-state index is -4.08. The van der Waals surface area contributed by atoms with E-state index >= 15 is 0 Å². The Morgan fingerprint density at radius 1 is 1.06 bits per heavy atom. The van der Waals surface area contributed by atoms with Crippen LogP contribution < -0.4 is 9.46 Å². The second kappa shape index (κ2) is 17.1. The normalized spacial score (nSPS) is 20.5. The third kappa shape index (κ3) is 10.3. The van der Waals surface area contributed by atoms with Crippen LogP contribution in [0.2, 0.25) is 10.0 Å². The predicted molar refractivity (Wildman–Crippen MR) is 187 cm³/mol. The van der Waals surface area contributed by atoms with E-state index in [0.29, 0.717) is 41.9 Å². The zero-order valence-electron chi connectivity index (χ0n) is 27.7. The number of anilines is 1. The van der Waals surface area contributed by atoms with Gasteiger partial charge in [0.15, 0.2) is 0 Å². The Kier molecular flexibility index (Phi) is 13.5. The van der Waals surface area contributed by atoms with Gasteiger partial charge in [0.1, 0.15) is 11.6 Å². The van der Waals surface area contributed by atoms with Crippen molar-refractivity contribution >= 4 is 44.8 Å². The molecule has 13 heteroatoms. The van der Waals surface area contributed by atoms with Gasteiger partial charge in [-0.1, -0.05) is 36.2 Å². The highest BCUT2D eigenvalue weighted by Crippen LogP contribution is 2.30. The van der Waals surface area contributed by atoms with Crippen LogP contribution in [-0.4, -0.2) is 80.8 Å². The standard InChI is InChI=1S/C35H44Cl2FN3O6S/c1-23-19-41(24(2)22-42)35(43)30-18-28(39-48(44,45)29-12-9-27(38)10-13-29)11-15-33(30)47-25(3)7-5-6-16-46-34(23)21-40(4)20-26-8-14-31(36)32(37)17-26/h8-15,17-18,23-25,34,39,42H,5-7,16,19-22H2,1-4H3/t23-,24+,25+,34+/m0/s1. The molecule has 1 aliphatic heterocycles. The summed E-state index contributed by atoms with van der Waals surface area (Å²) in [5.74, 6) is -0.819. The van der Waals surface area contributed by atoms with Gasteiger partial charge in [0.05, 0.1) is 45.4 Å². The first-order valence-corrected chi connectivity index (χ1v) is 18.3. The summed E-state index contributed by atoms with van der Waals surface area (Å²) in [6.45, 7) is 7.38. The SMILES string of the molecule is C[C@@H]1CCCCO[C@H](CN(C)Cc2ccc(Cl)c(Cl)c2)[C@@H](C)CN([C@H](C)CO)C(=O)c2cc(NS(=O)(=O)c3ccc(F)cc3)ccc2O1. The minimum absolute atomic E-state index is 0.125. The molecule has 0 fully saturated rings. The van der Waals surface area contributed by atoms with Gasteiger partial charge in [-0.15, -0.1) is 0 Å². The van der Waals surface area contributed by atoms with E-state index in [-0.39, 0.29) is 47.4 Å². The molecule has 0 radical (unpaired) electrons. The fraction of sp³-hybridized carbons (Fsp3) is 0.457. The minimum Gasteiger partial charge on any atom is -0.490 e. The zero-order valence-corrected chi connectivity index (χ0v) is 30.0. The van der Waals surface area contributed by atoms with Gasteiger partial charge < -0.3 is 19.5 Å². The van der Waals surface area contributed by atoms with Crippen LogP contribution in [0, 0.1) is 11.7 Å². The largest absolute Gasteiger partial charge is 0.490 e. The second-order valence-electron chi connectivity index (χ2n) is 12.5. The number of aliphatic hydroxyl groups excluding tert-OH is 1. The maximum atomic E-state index is 14.4. The molecule has 0 unspecified atom stereocenters. The number of hydrogen-bond acceptors (Lipinski definition) is 7. The third-order valence-corrected chi connectivity index (χ3v) is 10.5. The summed E-state index contributed by atoms with van der Waals surface area (Å²) < 4.78 is 54.8. The Morgan fingerprint density at radius 3 is 2.48 bits per heavy atom. The fourth-order valence-corrected chi connectivity index (χ4v) is 6.97. The summed E-state index contributed by atoms with van der Waals surface area (Å²) in [6, 6.07) is 14.0. The van der Waals surface area contributed by atoms with Crippen LogP contribution in [0.5, 0.6) is 5.75 Å². The first-order valence-electron chi connectivity index (χ1n) is 16.0. The van der Waals surface area contributed by atoms with E-state index in [4.69, 9.17) is 32.7 Å². The number of carbonyl (C=O) groups is 1. The van der Waals surface area contributed by atoms with Crippen LogP contribution in [0.4, 0.5) is 10.1 Å². The Morgan fingerprint density at radius 2 is 1.79 bits per heavy atom. The van der Waals surface area contributed by atoms with Crippen LogP contribution in [-0.2, 0) is 21.3 Å². The zero-order chi connectivity index (χ0) is 35.0. The number of aliphatic hydroxyl groups is 1. The number of rotatable bonds is 9. The molecule has 48 heavy (non-hydrogen) atoms. The molecule has 1 heterocycles. The predicted octanol–water partition coefficient (Wildman–Crippen LogP) is 6.86. The van der Waals surface area contributed by atoms with Crippen molar-refractivity contribution in [1.82, 2.24) is 9.80 Å². The van der Waals surface area contributed by atoms with E-state index in [2.05, 4.69) is 9.62 Å². The van der Waals surface area contributed by atoms with Gasteiger partial charge >= 0.3 is 0 Å². The number of nitrogens with zero attached hydrogens (tertiary/aromatic N) is 2. The highest BCUT2D eigenvalue weighted by molar-refractivity contribution is 7.92. The van der Waals surface area contributed by atoms with Gasteiger partial charge in [-0.05, 0) is 100 Å². The smallest absolute Gasteiger partial charge is 0.261 e.